The standard InChI is InChI=1S/C25H27N3O5S/c1-18(21-12-15-23(32-2)24(16-21)33-3)26-27-25(29)20-10-13-22(14-11-20)28(34(4,30)31)17-19-8-6-5-7-9-19/h5-16H,17H2,1-4H3,(H,27,29)/b26-18+. The third-order valence-corrected chi connectivity index (χ3v) is 6.25. The Bertz CT molecular complexity index is 1270. The number of benzene rings is 3. The smallest absolute Gasteiger partial charge is 0.271 e. The monoisotopic (exact) mass is 481 g/mol. The van der Waals surface area contributed by atoms with E-state index in [0.29, 0.717) is 28.5 Å². The molecule has 8 nitrogen and oxygen atoms in total. The number of carbonyl (C=O) groups excluding carboxylic acids is 1. The van der Waals surface area contributed by atoms with Crippen LogP contribution in [0.25, 0.3) is 0 Å². The first kappa shape index (κ1) is 24.8. The van der Waals surface area contributed by atoms with Crippen molar-refractivity contribution in [3.8, 4) is 11.5 Å². The van der Waals surface area contributed by atoms with E-state index in [9.17, 15) is 13.2 Å². The van der Waals surface area contributed by atoms with Crippen LogP contribution in [0.3, 0.4) is 0 Å². The summed E-state index contributed by atoms with van der Waals surface area (Å²) in [4.78, 5) is 12.6. The predicted octanol–water partition coefficient (Wildman–Crippen LogP) is 3.82. The third-order valence-electron chi connectivity index (χ3n) is 5.11. The van der Waals surface area contributed by atoms with Crippen molar-refractivity contribution in [1.29, 1.82) is 0 Å². The summed E-state index contributed by atoms with van der Waals surface area (Å²) in [6.07, 6.45) is 1.15. The Balaban J connectivity index is 1.74. The Morgan fingerprint density at radius 1 is 0.912 bits per heavy atom. The van der Waals surface area contributed by atoms with Crippen LogP contribution in [-0.2, 0) is 16.6 Å². The first-order valence-corrected chi connectivity index (χ1v) is 12.3. The summed E-state index contributed by atoms with van der Waals surface area (Å²) in [5.74, 6) is 0.737. The van der Waals surface area contributed by atoms with E-state index < -0.39 is 15.9 Å². The lowest BCUT2D eigenvalue weighted by Crippen LogP contribution is -2.29. The second-order valence-electron chi connectivity index (χ2n) is 7.51. The molecule has 3 rings (SSSR count). The van der Waals surface area contributed by atoms with Crippen LogP contribution >= 0.6 is 0 Å². The van der Waals surface area contributed by atoms with Crippen LogP contribution in [0.15, 0.2) is 77.9 Å². The summed E-state index contributed by atoms with van der Waals surface area (Å²) in [7, 11) is -0.418. The van der Waals surface area contributed by atoms with Gasteiger partial charge < -0.3 is 9.47 Å². The summed E-state index contributed by atoms with van der Waals surface area (Å²) >= 11 is 0. The molecular formula is C25H27N3O5S. The molecule has 34 heavy (non-hydrogen) atoms. The van der Waals surface area contributed by atoms with E-state index in [0.717, 1.165) is 17.4 Å². The fourth-order valence-electron chi connectivity index (χ4n) is 3.25. The van der Waals surface area contributed by atoms with Gasteiger partial charge in [-0.2, -0.15) is 5.10 Å². The van der Waals surface area contributed by atoms with E-state index >= 15 is 0 Å². The van der Waals surface area contributed by atoms with Crippen molar-refractivity contribution in [2.75, 3.05) is 24.8 Å². The highest BCUT2D eigenvalue weighted by molar-refractivity contribution is 7.92. The van der Waals surface area contributed by atoms with Crippen molar-refractivity contribution < 1.29 is 22.7 Å². The van der Waals surface area contributed by atoms with Crippen molar-refractivity contribution >= 4 is 27.3 Å². The first-order chi connectivity index (χ1) is 16.2. The molecule has 0 aliphatic rings. The molecule has 0 fully saturated rings. The lowest BCUT2D eigenvalue weighted by Gasteiger charge is -2.22. The van der Waals surface area contributed by atoms with Gasteiger partial charge in [0.05, 0.1) is 38.4 Å². The quantitative estimate of drug-likeness (QED) is 0.370. The molecule has 1 N–H and O–H groups in total. The highest BCUT2D eigenvalue weighted by atomic mass is 32.2. The predicted molar refractivity (Wildman–Crippen MR) is 133 cm³/mol. The van der Waals surface area contributed by atoms with Crippen molar-refractivity contribution in [3.63, 3.8) is 0 Å². The number of ether oxygens (including phenoxy) is 2. The maximum absolute atomic E-state index is 12.6. The second-order valence-corrected chi connectivity index (χ2v) is 9.42. The molecule has 0 saturated carbocycles. The minimum atomic E-state index is -3.52. The average molecular weight is 482 g/mol. The number of rotatable bonds is 9. The number of methoxy groups -OCH3 is 2. The van der Waals surface area contributed by atoms with Gasteiger partial charge in [0.25, 0.3) is 5.91 Å². The number of nitrogens with one attached hydrogen (secondary N) is 1. The van der Waals surface area contributed by atoms with E-state index in [1.807, 2.05) is 36.4 Å². The number of hydrazone groups is 1. The Labute approximate surface area is 199 Å². The van der Waals surface area contributed by atoms with Gasteiger partial charge in [0, 0.05) is 11.1 Å². The van der Waals surface area contributed by atoms with Gasteiger partial charge in [-0.15, -0.1) is 0 Å². The van der Waals surface area contributed by atoms with E-state index in [4.69, 9.17) is 9.47 Å². The van der Waals surface area contributed by atoms with Crippen LogP contribution in [-0.4, -0.2) is 40.5 Å². The maximum Gasteiger partial charge on any atom is 0.271 e. The van der Waals surface area contributed by atoms with Crippen molar-refractivity contribution in [3.05, 3.63) is 89.5 Å². The fraction of sp³-hybridized carbons (Fsp3) is 0.200. The largest absolute Gasteiger partial charge is 0.493 e. The lowest BCUT2D eigenvalue weighted by atomic mass is 10.1. The van der Waals surface area contributed by atoms with E-state index in [2.05, 4.69) is 10.5 Å². The zero-order chi connectivity index (χ0) is 24.7. The number of anilines is 1. The molecule has 0 aliphatic carbocycles. The van der Waals surface area contributed by atoms with Crippen LogP contribution in [0.2, 0.25) is 0 Å². The van der Waals surface area contributed by atoms with Crippen LogP contribution in [0.1, 0.15) is 28.4 Å². The molecular weight excluding hydrogens is 454 g/mol. The highest BCUT2D eigenvalue weighted by Gasteiger charge is 2.18. The number of hydrogen-bond acceptors (Lipinski definition) is 6. The molecule has 0 bridgehead atoms. The summed E-state index contributed by atoms with van der Waals surface area (Å²) in [5.41, 5.74) is 5.54. The highest BCUT2D eigenvalue weighted by Crippen LogP contribution is 2.27. The van der Waals surface area contributed by atoms with E-state index in [-0.39, 0.29) is 6.54 Å². The summed E-state index contributed by atoms with van der Waals surface area (Å²) in [6, 6.07) is 21.0. The Hall–Kier alpha value is -3.85. The molecule has 3 aromatic rings. The van der Waals surface area contributed by atoms with Gasteiger partial charge in [0.15, 0.2) is 11.5 Å². The van der Waals surface area contributed by atoms with Crippen molar-refractivity contribution in [1.82, 2.24) is 5.43 Å². The van der Waals surface area contributed by atoms with Crippen LogP contribution < -0.4 is 19.2 Å². The fourth-order valence-corrected chi connectivity index (χ4v) is 4.14. The van der Waals surface area contributed by atoms with Gasteiger partial charge in [-0.3, -0.25) is 9.10 Å². The molecule has 0 unspecified atom stereocenters. The van der Waals surface area contributed by atoms with E-state index in [1.54, 1.807) is 57.5 Å². The zero-order valence-electron chi connectivity index (χ0n) is 19.5. The Morgan fingerprint density at radius 2 is 1.53 bits per heavy atom. The SMILES string of the molecule is COc1ccc(/C(C)=N/NC(=O)c2ccc(N(Cc3ccccc3)S(C)(=O)=O)cc2)cc1OC. The molecule has 0 spiro atoms. The van der Waals surface area contributed by atoms with Gasteiger partial charge in [0.2, 0.25) is 10.0 Å². The Kier molecular flexibility index (Phi) is 7.91. The van der Waals surface area contributed by atoms with Crippen molar-refractivity contribution in [2.45, 2.75) is 13.5 Å². The van der Waals surface area contributed by atoms with Crippen LogP contribution in [0, 0.1) is 0 Å². The van der Waals surface area contributed by atoms with Gasteiger partial charge >= 0.3 is 0 Å². The lowest BCUT2D eigenvalue weighted by molar-refractivity contribution is 0.0955. The molecule has 178 valence electrons. The molecule has 9 heteroatoms. The molecule has 0 heterocycles. The Morgan fingerprint density at radius 3 is 2.12 bits per heavy atom. The van der Waals surface area contributed by atoms with Crippen molar-refractivity contribution in [2.24, 2.45) is 5.10 Å². The number of carbonyl (C=O) groups is 1. The molecule has 0 saturated heterocycles. The second kappa shape index (κ2) is 10.8. The molecule has 0 radical (unpaired) electrons. The number of sulfonamides is 1. The minimum Gasteiger partial charge on any atom is -0.493 e. The normalized spacial score (nSPS) is 11.6. The first-order valence-electron chi connectivity index (χ1n) is 10.4. The van der Waals surface area contributed by atoms with Gasteiger partial charge in [-0.25, -0.2) is 13.8 Å². The molecule has 3 aromatic carbocycles. The zero-order valence-corrected chi connectivity index (χ0v) is 20.3. The number of amides is 1. The topological polar surface area (TPSA) is 97.3 Å². The average Bonchev–Trinajstić information content (AvgIpc) is 2.85. The molecule has 0 aliphatic heterocycles. The van der Waals surface area contributed by atoms with Gasteiger partial charge in [-0.05, 0) is 55.0 Å². The van der Waals surface area contributed by atoms with Crippen LogP contribution in [0.4, 0.5) is 5.69 Å². The van der Waals surface area contributed by atoms with Gasteiger partial charge in [-0.1, -0.05) is 30.3 Å². The third kappa shape index (κ3) is 6.14. The summed E-state index contributed by atoms with van der Waals surface area (Å²) in [5, 5.41) is 4.17. The summed E-state index contributed by atoms with van der Waals surface area (Å²) < 4.78 is 36.6. The molecule has 0 atom stereocenters. The molecule has 1 amide bonds. The summed E-state index contributed by atoms with van der Waals surface area (Å²) in [6.45, 7) is 1.96. The van der Waals surface area contributed by atoms with Crippen LogP contribution in [0.5, 0.6) is 11.5 Å². The number of hydrogen-bond donors (Lipinski definition) is 1. The number of nitrogens with zero attached hydrogens (tertiary/aromatic N) is 2. The van der Waals surface area contributed by atoms with E-state index in [1.165, 1.54) is 4.31 Å². The van der Waals surface area contributed by atoms with Gasteiger partial charge in [0.1, 0.15) is 0 Å². The maximum atomic E-state index is 12.6. The minimum absolute atomic E-state index is 0.194. The molecule has 0 aromatic heterocycles.